The lowest BCUT2D eigenvalue weighted by Gasteiger charge is -2.34. The third kappa shape index (κ3) is 6.46. The summed E-state index contributed by atoms with van der Waals surface area (Å²) in [4.78, 5) is 2.07. The molecule has 0 radical (unpaired) electrons. The molecule has 0 saturated carbocycles. The number of methoxy groups -OCH3 is 2. The summed E-state index contributed by atoms with van der Waals surface area (Å²) in [7, 11) is 7.39. The minimum absolute atomic E-state index is 0.234. The van der Waals surface area contributed by atoms with Gasteiger partial charge in [-0.15, -0.1) is 0 Å². The maximum Gasteiger partial charge on any atom is 0.156 e. The molecule has 0 aliphatic heterocycles. The molecule has 0 spiro atoms. The number of ether oxygens (including phenoxy) is 4. The summed E-state index contributed by atoms with van der Waals surface area (Å²) in [6.07, 6.45) is 4.67. The van der Waals surface area contributed by atoms with Gasteiger partial charge in [0.2, 0.25) is 0 Å². The van der Waals surface area contributed by atoms with E-state index in [1.807, 2.05) is 20.2 Å². The van der Waals surface area contributed by atoms with Gasteiger partial charge in [0.05, 0.1) is 33.0 Å². The summed E-state index contributed by atoms with van der Waals surface area (Å²) >= 11 is 0. The molecule has 0 amide bonds. The van der Waals surface area contributed by atoms with E-state index < -0.39 is 0 Å². The van der Waals surface area contributed by atoms with Crippen molar-refractivity contribution in [3.63, 3.8) is 0 Å². The zero-order valence-electron chi connectivity index (χ0n) is 16.7. The van der Waals surface area contributed by atoms with Crippen LogP contribution in [0.15, 0.2) is 23.2 Å². The van der Waals surface area contributed by atoms with E-state index in [1.165, 1.54) is 5.57 Å². The second kappa shape index (κ2) is 8.88. The number of rotatable bonds is 10. The molecule has 1 rings (SSSR count). The predicted octanol–water partition coefficient (Wildman–Crippen LogP) is 3.71. The first-order chi connectivity index (χ1) is 11.1. The minimum Gasteiger partial charge on any atom is -0.497 e. The molecule has 0 atom stereocenters. The van der Waals surface area contributed by atoms with Crippen molar-refractivity contribution in [1.29, 1.82) is 0 Å². The first kappa shape index (κ1) is 21.0. The highest BCUT2D eigenvalue weighted by molar-refractivity contribution is 5.27. The van der Waals surface area contributed by atoms with Crippen LogP contribution in [0.5, 0.6) is 0 Å². The second-order valence-corrected chi connectivity index (χ2v) is 7.49. The highest BCUT2D eigenvalue weighted by atomic mass is 16.5. The van der Waals surface area contributed by atoms with Gasteiger partial charge in [-0.3, -0.25) is 4.90 Å². The fourth-order valence-electron chi connectivity index (χ4n) is 2.26. The summed E-state index contributed by atoms with van der Waals surface area (Å²) in [5.74, 6) is 1.70. The van der Waals surface area contributed by atoms with Gasteiger partial charge in [-0.25, -0.2) is 0 Å². The lowest BCUT2D eigenvalue weighted by atomic mass is 10.0. The van der Waals surface area contributed by atoms with E-state index >= 15 is 0 Å². The maximum atomic E-state index is 6.13. The highest BCUT2D eigenvalue weighted by Gasteiger charge is 2.25. The fourth-order valence-corrected chi connectivity index (χ4v) is 2.26. The van der Waals surface area contributed by atoms with E-state index in [0.29, 0.717) is 13.2 Å². The van der Waals surface area contributed by atoms with Crippen LogP contribution in [0.25, 0.3) is 0 Å². The Kier molecular flexibility index (Phi) is 7.77. The molecule has 0 fully saturated rings. The van der Waals surface area contributed by atoms with Crippen molar-refractivity contribution in [2.24, 2.45) is 0 Å². The molecule has 5 nitrogen and oxygen atoms in total. The lowest BCUT2D eigenvalue weighted by Crippen LogP contribution is -2.42. The Balaban J connectivity index is 2.48. The monoisotopic (exact) mass is 341 g/mol. The SMILES string of the molecule is COC1=C(OC)CCC(COC(C)(C)CCOC(C)(C)N(C)C)=C1. The molecule has 0 aromatic heterocycles. The van der Waals surface area contributed by atoms with E-state index in [1.54, 1.807) is 14.2 Å². The molecular weight excluding hydrogens is 306 g/mol. The average molecular weight is 341 g/mol. The molecule has 1 aliphatic rings. The molecule has 0 unspecified atom stereocenters. The second-order valence-electron chi connectivity index (χ2n) is 7.49. The standard InChI is InChI=1S/C19H35NO4/c1-18(2,11-12-23-19(3,4)20(5)6)24-14-15-9-10-16(21-7)17(13-15)22-8/h13H,9-12,14H2,1-8H3. The van der Waals surface area contributed by atoms with Crippen LogP contribution in [-0.4, -0.2) is 57.8 Å². The fraction of sp³-hybridized carbons (Fsp3) is 0.789. The van der Waals surface area contributed by atoms with Crippen LogP contribution in [-0.2, 0) is 18.9 Å². The molecule has 5 heteroatoms. The third-order valence-corrected chi connectivity index (χ3v) is 4.63. The Morgan fingerprint density at radius 3 is 2.21 bits per heavy atom. The zero-order valence-corrected chi connectivity index (χ0v) is 16.7. The summed E-state index contributed by atoms with van der Waals surface area (Å²) in [6.45, 7) is 9.62. The molecule has 24 heavy (non-hydrogen) atoms. The van der Waals surface area contributed by atoms with Crippen molar-refractivity contribution in [3.05, 3.63) is 23.2 Å². The van der Waals surface area contributed by atoms with Crippen molar-refractivity contribution < 1.29 is 18.9 Å². The normalized spacial score (nSPS) is 16.5. The lowest BCUT2D eigenvalue weighted by molar-refractivity contribution is -0.127. The van der Waals surface area contributed by atoms with E-state index in [4.69, 9.17) is 18.9 Å². The summed E-state index contributed by atoms with van der Waals surface area (Å²) in [6, 6.07) is 0. The van der Waals surface area contributed by atoms with Crippen LogP contribution in [0.4, 0.5) is 0 Å². The van der Waals surface area contributed by atoms with E-state index in [-0.39, 0.29) is 11.3 Å². The molecule has 0 aromatic rings. The first-order valence-electron chi connectivity index (χ1n) is 8.57. The molecule has 140 valence electrons. The van der Waals surface area contributed by atoms with E-state index in [0.717, 1.165) is 30.8 Å². The third-order valence-electron chi connectivity index (χ3n) is 4.63. The van der Waals surface area contributed by atoms with Crippen LogP contribution in [0.1, 0.15) is 47.0 Å². The van der Waals surface area contributed by atoms with Gasteiger partial charge in [0, 0.05) is 6.42 Å². The smallest absolute Gasteiger partial charge is 0.156 e. The van der Waals surface area contributed by atoms with Crippen molar-refractivity contribution >= 4 is 0 Å². The summed E-state index contributed by atoms with van der Waals surface area (Å²) < 4.78 is 22.8. The Morgan fingerprint density at radius 1 is 1.00 bits per heavy atom. The van der Waals surface area contributed by atoms with Crippen LogP contribution >= 0.6 is 0 Å². The predicted molar refractivity (Wildman–Crippen MR) is 96.7 cm³/mol. The zero-order chi connectivity index (χ0) is 18.4. The highest BCUT2D eigenvalue weighted by Crippen LogP contribution is 2.27. The Bertz CT molecular complexity index is 464. The van der Waals surface area contributed by atoms with E-state index in [9.17, 15) is 0 Å². The summed E-state index contributed by atoms with van der Waals surface area (Å²) in [5, 5.41) is 0. The first-order valence-corrected chi connectivity index (χ1v) is 8.57. The van der Waals surface area contributed by atoms with Crippen LogP contribution < -0.4 is 0 Å². The van der Waals surface area contributed by atoms with Crippen molar-refractivity contribution in [1.82, 2.24) is 4.90 Å². The maximum absolute atomic E-state index is 6.13. The van der Waals surface area contributed by atoms with Gasteiger partial charge in [-0.05, 0) is 66.3 Å². The quantitative estimate of drug-likeness (QED) is 0.567. The molecule has 0 saturated heterocycles. The number of hydrogen-bond acceptors (Lipinski definition) is 5. The Hall–Kier alpha value is -1.04. The van der Waals surface area contributed by atoms with Crippen LogP contribution in [0.3, 0.4) is 0 Å². The van der Waals surface area contributed by atoms with Gasteiger partial charge < -0.3 is 18.9 Å². The molecular formula is C19H35NO4. The topological polar surface area (TPSA) is 40.2 Å². The van der Waals surface area contributed by atoms with Gasteiger partial charge >= 0.3 is 0 Å². The van der Waals surface area contributed by atoms with Gasteiger partial charge in [0.25, 0.3) is 0 Å². The number of allylic oxidation sites excluding steroid dienone is 2. The summed E-state index contributed by atoms with van der Waals surface area (Å²) in [5.41, 5.74) is 0.730. The molecule has 0 N–H and O–H groups in total. The number of hydrogen-bond donors (Lipinski definition) is 0. The van der Waals surface area contributed by atoms with Gasteiger partial charge in [0.15, 0.2) is 5.76 Å². The van der Waals surface area contributed by atoms with Gasteiger partial charge in [0.1, 0.15) is 11.5 Å². The van der Waals surface area contributed by atoms with Crippen molar-refractivity contribution in [2.45, 2.75) is 58.3 Å². The average Bonchev–Trinajstić information content (AvgIpc) is 2.52. The van der Waals surface area contributed by atoms with Gasteiger partial charge in [-0.2, -0.15) is 0 Å². The largest absolute Gasteiger partial charge is 0.497 e. The molecule has 0 bridgehead atoms. The molecule has 1 aliphatic carbocycles. The molecule has 0 heterocycles. The Morgan fingerprint density at radius 2 is 1.67 bits per heavy atom. The van der Waals surface area contributed by atoms with Crippen molar-refractivity contribution in [2.75, 3.05) is 41.5 Å². The number of nitrogens with zero attached hydrogens (tertiary/aromatic N) is 1. The van der Waals surface area contributed by atoms with Crippen LogP contribution in [0, 0.1) is 0 Å². The Labute approximate surface area is 147 Å². The molecule has 0 aromatic carbocycles. The van der Waals surface area contributed by atoms with E-state index in [2.05, 4.69) is 32.6 Å². The van der Waals surface area contributed by atoms with Crippen LogP contribution in [0.2, 0.25) is 0 Å². The minimum atomic E-state index is -0.267. The van der Waals surface area contributed by atoms with Crippen molar-refractivity contribution in [3.8, 4) is 0 Å². The van der Waals surface area contributed by atoms with Gasteiger partial charge in [-0.1, -0.05) is 0 Å².